The maximum absolute atomic E-state index is 3.49. The van der Waals surface area contributed by atoms with Gasteiger partial charge in [-0.05, 0) is 49.2 Å². The van der Waals surface area contributed by atoms with Crippen LogP contribution in [0.25, 0.3) is 32.9 Å². The van der Waals surface area contributed by atoms with Crippen molar-refractivity contribution >= 4 is 21.8 Å². The number of rotatable bonds is 1. The Morgan fingerprint density at radius 3 is 1.90 bits per heavy atom. The van der Waals surface area contributed by atoms with Crippen LogP contribution >= 0.6 is 0 Å². The molecule has 1 heterocycles. The van der Waals surface area contributed by atoms with Crippen LogP contribution in [-0.2, 0) is 0 Å². The second-order valence-corrected chi connectivity index (χ2v) is 5.80. The summed E-state index contributed by atoms with van der Waals surface area (Å²) in [6.07, 6.45) is 0. The van der Waals surface area contributed by atoms with E-state index < -0.39 is 0 Å². The van der Waals surface area contributed by atoms with Crippen LogP contribution in [0.5, 0.6) is 0 Å². The molecule has 3 aromatic carbocycles. The second-order valence-electron chi connectivity index (χ2n) is 5.80. The van der Waals surface area contributed by atoms with E-state index in [0.717, 1.165) is 0 Å². The van der Waals surface area contributed by atoms with Gasteiger partial charge >= 0.3 is 0 Å². The Bertz CT molecular complexity index is 943. The molecule has 0 fully saturated rings. The summed E-state index contributed by atoms with van der Waals surface area (Å²) in [5.74, 6) is 0. The Hall–Kier alpha value is -2.54. The third kappa shape index (κ3) is 2.02. The van der Waals surface area contributed by atoms with Crippen LogP contribution in [0.2, 0.25) is 0 Å². The number of H-pyrrole nitrogens is 1. The summed E-state index contributed by atoms with van der Waals surface area (Å²) in [5.41, 5.74) is 7.53. The van der Waals surface area contributed by atoms with Crippen LogP contribution in [0.3, 0.4) is 0 Å². The molecule has 21 heavy (non-hydrogen) atoms. The van der Waals surface area contributed by atoms with Crippen molar-refractivity contribution in [2.45, 2.75) is 13.8 Å². The summed E-state index contributed by atoms with van der Waals surface area (Å²) in [5, 5.41) is 2.60. The summed E-state index contributed by atoms with van der Waals surface area (Å²) in [6.45, 7) is 4.26. The number of aromatic amines is 1. The number of aromatic nitrogens is 1. The first kappa shape index (κ1) is 12.2. The fourth-order valence-electron chi connectivity index (χ4n) is 2.94. The average molecular weight is 271 g/mol. The average Bonchev–Trinajstić information content (AvgIpc) is 2.85. The molecule has 1 aromatic heterocycles. The summed E-state index contributed by atoms with van der Waals surface area (Å²) in [6, 6.07) is 21.9. The van der Waals surface area contributed by atoms with Crippen molar-refractivity contribution in [3.63, 3.8) is 0 Å². The highest BCUT2D eigenvalue weighted by atomic mass is 14.7. The summed E-state index contributed by atoms with van der Waals surface area (Å²) in [4.78, 5) is 3.49. The number of benzene rings is 3. The molecule has 0 aliphatic rings. The maximum Gasteiger partial charge on any atom is 0.0465 e. The third-order valence-electron chi connectivity index (χ3n) is 4.14. The van der Waals surface area contributed by atoms with E-state index in [1.807, 2.05) is 0 Å². The predicted octanol–water partition coefficient (Wildman–Crippen LogP) is 5.60. The van der Waals surface area contributed by atoms with E-state index >= 15 is 0 Å². The Kier molecular flexibility index (Phi) is 2.61. The van der Waals surface area contributed by atoms with Gasteiger partial charge in [-0.1, -0.05) is 47.5 Å². The second kappa shape index (κ2) is 4.49. The standard InChI is InChI=1S/C20H17N/c1-13-3-6-15(7-4-13)16-8-10-20-18(12-16)17-11-14(2)5-9-19(17)21-20/h3-12,21H,1-2H3. The van der Waals surface area contributed by atoms with Crippen LogP contribution < -0.4 is 0 Å². The number of hydrogen-bond acceptors (Lipinski definition) is 0. The molecule has 0 unspecified atom stereocenters. The SMILES string of the molecule is Cc1ccc(-c2ccc3[nH]c4ccc(C)cc4c3c2)cc1. The van der Waals surface area contributed by atoms with Gasteiger partial charge in [0.05, 0.1) is 0 Å². The van der Waals surface area contributed by atoms with Crippen LogP contribution in [0, 0.1) is 13.8 Å². The summed E-state index contributed by atoms with van der Waals surface area (Å²) >= 11 is 0. The largest absolute Gasteiger partial charge is 0.355 e. The van der Waals surface area contributed by atoms with Crippen molar-refractivity contribution in [3.8, 4) is 11.1 Å². The van der Waals surface area contributed by atoms with Crippen molar-refractivity contribution in [3.05, 3.63) is 71.8 Å². The lowest BCUT2D eigenvalue weighted by Gasteiger charge is -2.03. The first-order valence-electron chi connectivity index (χ1n) is 7.30. The molecular formula is C20H17N. The quantitative estimate of drug-likeness (QED) is 0.463. The van der Waals surface area contributed by atoms with Crippen molar-refractivity contribution in [1.82, 2.24) is 4.98 Å². The van der Waals surface area contributed by atoms with Gasteiger partial charge in [0.25, 0.3) is 0 Å². The van der Waals surface area contributed by atoms with Gasteiger partial charge in [-0.15, -0.1) is 0 Å². The lowest BCUT2D eigenvalue weighted by atomic mass is 10.0. The summed E-state index contributed by atoms with van der Waals surface area (Å²) < 4.78 is 0. The highest BCUT2D eigenvalue weighted by Crippen LogP contribution is 2.30. The third-order valence-corrected chi connectivity index (χ3v) is 4.14. The Morgan fingerprint density at radius 1 is 0.571 bits per heavy atom. The minimum atomic E-state index is 1.20. The molecule has 0 bridgehead atoms. The van der Waals surface area contributed by atoms with Gasteiger partial charge in [0.15, 0.2) is 0 Å². The molecule has 0 radical (unpaired) electrons. The smallest absolute Gasteiger partial charge is 0.0465 e. The highest BCUT2D eigenvalue weighted by molar-refractivity contribution is 6.08. The first-order valence-corrected chi connectivity index (χ1v) is 7.30. The topological polar surface area (TPSA) is 15.8 Å². The van der Waals surface area contributed by atoms with Crippen molar-refractivity contribution in [2.24, 2.45) is 0 Å². The minimum Gasteiger partial charge on any atom is -0.355 e. The van der Waals surface area contributed by atoms with Gasteiger partial charge < -0.3 is 4.98 Å². The minimum absolute atomic E-state index is 1.20. The van der Waals surface area contributed by atoms with Gasteiger partial charge in [0.2, 0.25) is 0 Å². The molecule has 4 rings (SSSR count). The number of nitrogens with one attached hydrogen (secondary N) is 1. The molecule has 1 N–H and O–H groups in total. The van der Waals surface area contributed by atoms with Crippen LogP contribution in [0.4, 0.5) is 0 Å². The van der Waals surface area contributed by atoms with Crippen molar-refractivity contribution in [1.29, 1.82) is 0 Å². The molecule has 0 aliphatic heterocycles. The molecule has 0 amide bonds. The van der Waals surface area contributed by atoms with Gasteiger partial charge in [-0.2, -0.15) is 0 Å². The van der Waals surface area contributed by atoms with E-state index in [9.17, 15) is 0 Å². The van der Waals surface area contributed by atoms with E-state index in [1.165, 1.54) is 44.1 Å². The lowest BCUT2D eigenvalue weighted by Crippen LogP contribution is -1.79. The fourth-order valence-corrected chi connectivity index (χ4v) is 2.94. The Balaban J connectivity index is 1.98. The monoisotopic (exact) mass is 271 g/mol. The molecule has 1 heteroatoms. The van der Waals surface area contributed by atoms with E-state index in [2.05, 4.69) is 79.5 Å². The highest BCUT2D eigenvalue weighted by Gasteiger charge is 2.06. The van der Waals surface area contributed by atoms with Gasteiger partial charge in [0.1, 0.15) is 0 Å². The molecule has 0 saturated carbocycles. The zero-order chi connectivity index (χ0) is 14.4. The van der Waals surface area contributed by atoms with Crippen LogP contribution in [-0.4, -0.2) is 4.98 Å². The predicted molar refractivity (Wildman–Crippen MR) is 90.7 cm³/mol. The Morgan fingerprint density at radius 2 is 1.14 bits per heavy atom. The zero-order valence-electron chi connectivity index (χ0n) is 12.3. The van der Waals surface area contributed by atoms with E-state index in [0.29, 0.717) is 0 Å². The number of fused-ring (bicyclic) bond motifs is 3. The molecule has 0 spiro atoms. The van der Waals surface area contributed by atoms with E-state index in [-0.39, 0.29) is 0 Å². The zero-order valence-corrected chi connectivity index (χ0v) is 12.3. The molecular weight excluding hydrogens is 254 g/mol. The van der Waals surface area contributed by atoms with Crippen LogP contribution in [0.1, 0.15) is 11.1 Å². The molecule has 102 valence electrons. The molecule has 0 atom stereocenters. The normalized spacial score (nSPS) is 11.3. The first-order chi connectivity index (χ1) is 10.2. The van der Waals surface area contributed by atoms with Gasteiger partial charge in [0, 0.05) is 21.8 Å². The van der Waals surface area contributed by atoms with Crippen molar-refractivity contribution in [2.75, 3.05) is 0 Å². The molecule has 4 aromatic rings. The van der Waals surface area contributed by atoms with Gasteiger partial charge in [-0.25, -0.2) is 0 Å². The number of hydrogen-bond donors (Lipinski definition) is 1. The van der Waals surface area contributed by atoms with E-state index in [1.54, 1.807) is 0 Å². The molecule has 0 aliphatic carbocycles. The lowest BCUT2D eigenvalue weighted by molar-refractivity contribution is 1.47. The fraction of sp³-hybridized carbons (Fsp3) is 0.100. The molecule has 0 saturated heterocycles. The molecule has 1 nitrogen and oxygen atoms in total. The Labute approximate surface area is 124 Å². The van der Waals surface area contributed by atoms with Gasteiger partial charge in [-0.3, -0.25) is 0 Å². The summed E-state index contributed by atoms with van der Waals surface area (Å²) in [7, 11) is 0. The number of aryl methyl sites for hydroxylation is 2. The van der Waals surface area contributed by atoms with Crippen LogP contribution in [0.15, 0.2) is 60.7 Å². The maximum atomic E-state index is 3.49. The van der Waals surface area contributed by atoms with E-state index in [4.69, 9.17) is 0 Å². The van der Waals surface area contributed by atoms with Crippen molar-refractivity contribution < 1.29 is 0 Å².